The smallest absolute Gasteiger partial charge is 0.306 e. The fourth-order valence-corrected chi connectivity index (χ4v) is 8.76. The van der Waals surface area contributed by atoms with E-state index in [4.69, 9.17) is 14.2 Å². The minimum Gasteiger partial charge on any atom is -0.462 e. The Hall–Kier alpha value is -2.63. The van der Waals surface area contributed by atoms with Crippen LogP contribution in [-0.4, -0.2) is 37.2 Å². The van der Waals surface area contributed by atoms with Gasteiger partial charge in [-0.05, 0) is 77.0 Å². The molecule has 0 aliphatic rings. The van der Waals surface area contributed by atoms with Crippen LogP contribution >= 0.6 is 0 Å². The van der Waals surface area contributed by atoms with Crippen LogP contribution in [0.1, 0.15) is 316 Å². The SMILES string of the molecule is CCCCC/C=C\C=C/CCCCCCCCC(=O)OCC(COC(=O)CCCCCCCCCCCCCCCCCCCCC)OC(=O)CCCCCCCCC/C=C\C/C=C\CCCCC. The highest BCUT2D eigenvalue weighted by molar-refractivity contribution is 5.71. The Labute approximate surface area is 428 Å². The van der Waals surface area contributed by atoms with Crippen molar-refractivity contribution in [1.82, 2.24) is 0 Å². The summed E-state index contributed by atoms with van der Waals surface area (Å²) in [5.41, 5.74) is 0. The molecule has 0 spiro atoms. The zero-order valence-corrected chi connectivity index (χ0v) is 46.1. The molecular formula is C63H114O6. The number of hydrogen-bond donors (Lipinski definition) is 0. The van der Waals surface area contributed by atoms with Gasteiger partial charge in [0.1, 0.15) is 13.2 Å². The molecule has 1 atom stereocenters. The highest BCUT2D eigenvalue weighted by Gasteiger charge is 2.19. The third-order valence-corrected chi connectivity index (χ3v) is 13.3. The topological polar surface area (TPSA) is 78.9 Å². The fraction of sp³-hybridized carbons (Fsp3) is 0.825. The second kappa shape index (κ2) is 57.9. The van der Waals surface area contributed by atoms with Crippen molar-refractivity contribution in [2.24, 2.45) is 0 Å². The normalized spacial score (nSPS) is 12.3. The Balaban J connectivity index is 4.36. The number of allylic oxidation sites excluding steroid dienone is 8. The van der Waals surface area contributed by atoms with Gasteiger partial charge in [0.05, 0.1) is 0 Å². The van der Waals surface area contributed by atoms with E-state index >= 15 is 0 Å². The molecule has 0 aromatic rings. The van der Waals surface area contributed by atoms with Crippen LogP contribution < -0.4 is 0 Å². The summed E-state index contributed by atoms with van der Waals surface area (Å²) >= 11 is 0. The van der Waals surface area contributed by atoms with Crippen molar-refractivity contribution in [2.75, 3.05) is 13.2 Å². The fourth-order valence-electron chi connectivity index (χ4n) is 8.76. The standard InChI is InChI=1S/C63H114O6/c1-4-7-10-13-16-19-22-25-28-30-31-33-35-38-41-44-47-50-53-56-62(65)68-59-60(58-67-61(64)55-52-49-46-43-40-37-34-27-24-21-18-15-12-9-6-3)69-63(66)57-54-51-48-45-42-39-36-32-29-26-23-20-17-14-11-8-5-2/h17-18,20-21,24,26-27,29,60H,4-16,19,22-23,25,28,30-59H2,1-3H3/b20-17-,21-18-,27-24-,29-26-. The van der Waals surface area contributed by atoms with Crippen molar-refractivity contribution in [2.45, 2.75) is 322 Å². The van der Waals surface area contributed by atoms with Crippen molar-refractivity contribution >= 4 is 17.9 Å². The van der Waals surface area contributed by atoms with Crippen LogP contribution in [0.5, 0.6) is 0 Å². The number of hydrogen-bond acceptors (Lipinski definition) is 6. The van der Waals surface area contributed by atoms with Crippen molar-refractivity contribution in [3.05, 3.63) is 48.6 Å². The number of carbonyl (C=O) groups is 3. The second-order valence-corrected chi connectivity index (χ2v) is 20.3. The van der Waals surface area contributed by atoms with Gasteiger partial charge in [0.15, 0.2) is 6.10 Å². The van der Waals surface area contributed by atoms with E-state index in [1.54, 1.807) is 0 Å². The molecule has 0 aromatic carbocycles. The van der Waals surface area contributed by atoms with Gasteiger partial charge in [-0.15, -0.1) is 0 Å². The summed E-state index contributed by atoms with van der Waals surface area (Å²) in [7, 11) is 0. The van der Waals surface area contributed by atoms with E-state index in [1.807, 2.05) is 0 Å². The van der Waals surface area contributed by atoms with Crippen LogP contribution in [0, 0.1) is 0 Å². The molecule has 0 aliphatic carbocycles. The van der Waals surface area contributed by atoms with E-state index < -0.39 is 6.10 Å². The largest absolute Gasteiger partial charge is 0.462 e. The molecule has 0 saturated carbocycles. The molecule has 0 aliphatic heterocycles. The van der Waals surface area contributed by atoms with Gasteiger partial charge in [0.2, 0.25) is 0 Å². The predicted molar refractivity (Wildman–Crippen MR) is 298 cm³/mol. The highest BCUT2D eigenvalue weighted by Crippen LogP contribution is 2.17. The molecule has 0 rings (SSSR count). The molecule has 0 radical (unpaired) electrons. The zero-order chi connectivity index (χ0) is 50.0. The molecule has 1 unspecified atom stereocenters. The molecule has 0 fully saturated rings. The maximum atomic E-state index is 12.9. The number of unbranched alkanes of at least 4 members (excludes halogenated alkanes) is 37. The molecule has 6 heteroatoms. The Kier molecular flexibility index (Phi) is 55.7. The van der Waals surface area contributed by atoms with Crippen molar-refractivity contribution < 1.29 is 28.6 Å². The predicted octanol–water partition coefficient (Wildman–Crippen LogP) is 20.2. The van der Waals surface area contributed by atoms with Crippen molar-refractivity contribution in [3.63, 3.8) is 0 Å². The molecule has 402 valence electrons. The first-order chi connectivity index (χ1) is 34.0. The van der Waals surface area contributed by atoms with Crippen LogP contribution in [0.15, 0.2) is 48.6 Å². The van der Waals surface area contributed by atoms with Gasteiger partial charge < -0.3 is 14.2 Å². The van der Waals surface area contributed by atoms with Crippen molar-refractivity contribution in [1.29, 1.82) is 0 Å². The van der Waals surface area contributed by atoms with Gasteiger partial charge in [-0.25, -0.2) is 0 Å². The van der Waals surface area contributed by atoms with Gasteiger partial charge in [-0.3, -0.25) is 14.4 Å². The minimum atomic E-state index is -0.781. The number of carbonyl (C=O) groups excluding carboxylic acids is 3. The van der Waals surface area contributed by atoms with Crippen LogP contribution in [0.25, 0.3) is 0 Å². The molecule has 0 heterocycles. The lowest BCUT2D eigenvalue weighted by molar-refractivity contribution is -0.167. The first kappa shape index (κ1) is 66.4. The molecule has 0 amide bonds. The summed E-state index contributed by atoms with van der Waals surface area (Å²) in [5, 5.41) is 0. The van der Waals surface area contributed by atoms with Gasteiger partial charge in [-0.2, -0.15) is 0 Å². The molecular weight excluding hydrogens is 853 g/mol. The lowest BCUT2D eigenvalue weighted by Gasteiger charge is -2.18. The Bertz CT molecular complexity index is 1200. The highest BCUT2D eigenvalue weighted by atomic mass is 16.6. The van der Waals surface area contributed by atoms with Crippen LogP contribution in [0.4, 0.5) is 0 Å². The lowest BCUT2D eigenvalue weighted by Crippen LogP contribution is -2.30. The number of rotatable bonds is 55. The maximum Gasteiger partial charge on any atom is 0.306 e. The van der Waals surface area contributed by atoms with Crippen LogP contribution in [0.2, 0.25) is 0 Å². The molecule has 0 N–H and O–H groups in total. The molecule has 69 heavy (non-hydrogen) atoms. The third kappa shape index (κ3) is 56.2. The molecule has 0 saturated heterocycles. The molecule has 6 nitrogen and oxygen atoms in total. The summed E-state index contributed by atoms with van der Waals surface area (Å²) in [5.74, 6) is -0.880. The summed E-state index contributed by atoms with van der Waals surface area (Å²) in [6.45, 7) is 6.61. The Morgan fingerprint density at radius 2 is 0.565 bits per heavy atom. The Morgan fingerprint density at radius 3 is 0.913 bits per heavy atom. The van der Waals surface area contributed by atoms with Gasteiger partial charge in [0, 0.05) is 19.3 Å². The van der Waals surface area contributed by atoms with E-state index in [-0.39, 0.29) is 31.1 Å². The lowest BCUT2D eigenvalue weighted by atomic mass is 10.0. The van der Waals surface area contributed by atoms with Crippen LogP contribution in [0.3, 0.4) is 0 Å². The summed E-state index contributed by atoms with van der Waals surface area (Å²) in [4.78, 5) is 38.2. The first-order valence-corrected chi connectivity index (χ1v) is 30.2. The van der Waals surface area contributed by atoms with Crippen molar-refractivity contribution in [3.8, 4) is 0 Å². The number of ether oxygens (including phenoxy) is 3. The monoisotopic (exact) mass is 967 g/mol. The average molecular weight is 968 g/mol. The molecule has 0 bridgehead atoms. The number of esters is 3. The third-order valence-electron chi connectivity index (χ3n) is 13.3. The van der Waals surface area contributed by atoms with E-state index in [1.165, 1.54) is 199 Å². The van der Waals surface area contributed by atoms with E-state index in [0.29, 0.717) is 19.3 Å². The van der Waals surface area contributed by atoms with E-state index in [9.17, 15) is 14.4 Å². The molecule has 0 aromatic heterocycles. The Morgan fingerprint density at radius 1 is 0.304 bits per heavy atom. The zero-order valence-electron chi connectivity index (χ0n) is 46.1. The van der Waals surface area contributed by atoms with E-state index in [0.717, 1.165) is 77.0 Å². The average Bonchev–Trinajstić information content (AvgIpc) is 3.35. The van der Waals surface area contributed by atoms with Gasteiger partial charge in [0.25, 0.3) is 0 Å². The quantitative estimate of drug-likeness (QED) is 0.0199. The van der Waals surface area contributed by atoms with Crippen LogP contribution in [-0.2, 0) is 28.6 Å². The summed E-state index contributed by atoms with van der Waals surface area (Å²) in [6, 6.07) is 0. The van der Waals surface area contributed by atoms with Gasteiger partial charge >= 0.3 is 17.9 Å². The maximum absolute atomic E-state index is 12.9. The second-order valence-electron chi connectivity index (χ2n) is 20.3. The van der Waals surface area contributed by atoms with Gasteiger partial charge in [-0.1, -0.05) is 268 Å². The summed E-state index contributed by atoms with van der Waals surface area (Å²) < 4.78 is 16.9. The first-order valence-electron chi connectivity index (χ1n) is 30.2. The minimum absolute atomic E-state index is 0.0770. The summed E-state index contributed by atoms with van der Waals surface area (Å²) in [6.07, 6.45) is 71.0. The van der Waals surface area contributed by atoms with E-state index in [2.05, 4.69) is 69.4 Å².